The standard InChI is InChI=1S/C14H18N2O3/c1-9-5-6-15-7-10(9)8-16-13(17)11-3-2-4-12(11)14(18)19/h5-7,11-12H,2-4,8H2,1H3,(H,16,17)(H,18,19)/t11-,12+/m1/s1. The first-order valence-electron chi connectivity index (χ1n) is 6.49. The summed E-state index contributed by atoms with van der Waals surface area (Å²) in [5, 5.41) is 11.9. The van der Waals surface area contributed by atoms with Gasteiger partial charge in [-0.2, -0.15) is 0 Å². The fraction of sp³-hybridized carbons (Fsp3) is 0.500. The van der Waals surface area contributed by atoms with Gasteiger partial charge in [-0.1, -0.05) is 6.42 Å². The molecule has 1 amide bonds. The lowest BCUT2D eigenvalue weighted by Gasteiger charge is -2.16. The number of carboxylic acid groups (broad SMARTS) is 1. The number of hydrogen-bond donors (Lipinski definition) is 2. The maximum atomic E-state index is 12.0. The van der Waals surface area contributed by atoms with E-state index in [2.05, 4.69) is 10.3 Å². The van der Waals surface area contributed by atoms with Crippen LogP contribution < -0.4 is 5.32 Å². The first-order valence-corrected chi connectivity index (χ1v) is 6.49. The molecular formula is C14H18N2O3. The highest BCUT2D eigenvalue weighted by Gasteiger charge is 2.37. The molecular weight excluding hydrogens is 244 g/mol. The largest absolute Gasteiger partial charge is 0.481 e. The maximum Gasteiger partial charge on any atom is 0.307 e. The van der Waals surface area contributed by atoms with E-state index in [9.17, 15) is 9.59 Å². The molecule has 0 bridgehead atoms. The summed E-state index contributed by atoms with van der Waals surface area (Å²) in [6.07, 6.45) is 5.49. The molecule has 102 valence electrons. The Morgan fingerprint density at radius 3 is 2.84 bits per heavy atom. The van der Waals surface area contributed by atoms with E-state index in [4.69, 9.17) is 5.11 Å². The van der Waals surface area contributed by atoms with Crippen LogP contribution in [-0.4, -0.2) is 22.0 Å². The number of nitrogens with one attached hydrogen (secondary N) is 1. The van der Waals surface area contributed by atoms with Crippen molar-refractivity contribution in [2.45, 2.75) is 32.7 Å². The third-order valence-corrected chi connectivity index (χ3v) is 3.77. The molecule has 2 N–H and O–H groups in total. The Labute approximate surface area is 112 Å². The first-order chi connectivity index (χ1) is 9.09. The normalized spacial score (nSPS) is 22.2. The monoisotopic (exact) mass is 262 g/mol. The number of carbonyl (C=O) groups excluding carboxylic acids is 1. The number of rotatable bonds is 4. The van der Waals surface area contributed by atoms with Gasteiger partial charge in [0.25, 0.3) is 0 Å². The molecule has 19 heavy (non-hydrogen) atoms. The van der Waals surface area contributed by atoms with Gasteiger partial charge in [-0.25, -0.2) is 0 Å². The summed E-state index contributed by atoms with van der Waals surface area (Å²) in [6, 6.07) is 1.89. The van der Waals surface area contributed by atoms with Crippen LogP contribution in [0, 0.1) is 18.8 Å². The van der Waals surface area contributed by atoms with Gasteiger partial charge < -0.3 is 10.4 Å². The van der Waals surface area contributed by atoms with Gasteiger partial charge in [-0.15, -0.1) is 0 Å². The molecule has 1 heterocycles. The lowest BCUT2D eigenvalue weighted by Crippen LogP contribution is -2.35. The molecule has 1 fully saturated rings. The highest BCUT2D eigenvalue weighted by Crippen LogP contribution is 2.32. The molecule has 0 aromatic carbocycles. The number of nitrogens with zero attached hydrogens (tertiary/aromatic N) is 1. The molecule has 1 aliphatic rings. The van der Waals surface area contributed by atoms with Crippen molar-refractivity contribution in [3.8, 4) is 0 Å². The van der Waals surface area contributed by atoms with Crippen molar-refractivity contribution in [2.75, 3.05) is 0 Å². The minimum Gasteiger partial charge on any atom is -0.481 e. The number of aryl methyl sites for hydroxylation is 1. The lowest BCUT2D eigenvalue weighted by atomic mass is 9.95. The highest BCUT2D eigenvalue weighted by molar-refractivity contribution is 5.85. The van der Waals surface area contributed by atoms with Crippen LogP contribution in [0.25, 0.3) is 0 Å². The number of carboxylic acids is 1. The summed E-state index contributed by atoms with van der Waals surface area (Å²) in [5.74, 6) is -1.95. The van der Waals surface area contributed by atoms with Gasteiger partial charge in [-0.3, -0.25) is 14.6 Å². The van der Waals surface area contributed by atoms with Crippen molar-refractivity contribution >= 4 is 11.9 Å². The van der Waals surface area contributed by atoms with Crippen LogP contribution in [-0.2, 0) is 16.1 Å². The summed E-state index contributed by atoms with van der Waals surface area (Å²) >= 11 is 0. The van der Waals surface area contributed by atoms with Crippen molar-refractivity contribution in [3.63, 3.8) is 0 Å². The van der Waals surface area contributed by atoms with E-state index in [0.717, 1.165) is 17.5 Å². The number of amides is 1. The summed E-state index contributed by atoms with van der Waals surface area (Å²) in [7, 11) is 0. The molecule has 5 nitrogen and oxygen atoms in total. The molecule has 0 aliphatic heterocycles. The minimum atomic E-state index is -0.866. The fourth-order valence-corrected chi connectivity index (χ4v) is 2.56. The zero-order chi connectivity index (χ0) is 13.8. The fourth-order valence-electron chi connectivity index (χ4n) is 2.56. The van der Waals surface area contributed by atoms with E-state index in [1.54, 1.807) is 12.4 Å². The smallest absolute Gasteiger partial charge is 0.307 e. The molecule has 1 aromatic heterocycles. The van der Waals surface area contributed by atoms with Crippen LogP contribution in [0.4, 0.5) is 0 Å². The Morgan fingerprint density at radius 1 is 1.42 bits per heavy atom. The Hall–Kier alpha value is -1.91. The quantitative estimate of drug-likeness (QED) is 0.862. The average Bonchev–Trinajstić information content (AvgIpc) is 2.87. The number of aliphatic carboxylic acids is 1. The number of hydrogen-bond acceptors (Lipinski definition) is 3. The van der Waals surface area contributed by atoms with E-state index in [0.29, 0.717) is 19.4 Å². The van der Waals surface area contributed by atoms with E-state index in [1.807, 2.05) is 13.0 Å². The van der Waals surface area contributed by atoms with Crippen LogP contribution in [0.3, 0.4) is 0 Å². The van der Waals surface area contributed by atoms with E-state index in [-0.39, 0.29) is 5.91 Å². The minimum absolute atomic E-state index is 0.159. The molecule has 0 spiro atoms. The third kappa shape index (κ3) is 3.10. The molecule has 0 unspecified atom stereocenters. The van der Waals surface area contributed by atoms with Crippen molar-refractivity contribution in [3.05, 3.63) is 29.6 Å². The molecule has 0 saturated heterocycles. The molecule has 2 rings (SSSR count). The second kappa shape index (κ2) is 5.82. The van der Waals surface area contributed by atoms with Gasteiger partial charge in [0.2, 0.25) is 5.91 Å². The Balaban J connectivity index is 1.95. The Bertz CT molecular complexity index is 487. The Morgan fingerprint density at radius 2 is 2.16 bits per heavy atom. The molecule has 2 atom stereocenters. The predicted molar refractivity (Wildman–Crippen MR) is 69.3 cm³/mol. The van der Waals surface area contributed by atoms with Crippen molar-refractivity contribution < 1.29 is 14.7 Å². The van der Waals surface area contributed by atoms with Gasteiger partial charge in [-0.05, 0) is 37.0 Å². The van der Waals surface area contributed by atoms with Crippen molar-refractivity contribution in [1.82, 2.24) is 10.3 Å². The topological polar surface area (TPSA) is 79.3 Å². The van der Waals surface area contributed by atoms with Gasteiger partial charge in [0.15, 0.2) is 0 Å². The van der Waals surface area contributed by atoms with Crippen LogP contribution in [0.15, 0.2) is 18.5 Å². The SMILES string of the molecule is Cc1ccncc1CNC(=O)[C@@H]1CCC[C@@H]1C(=O)O. The van der Waals surface area contributed by atoms with Crippen LogP contribution >= 0.6 is 0 Å². The van der Waals surface area contributed by atoms with E-state index < -0.39 is 17.8 Å². The predicted octanol–water partition coefficient (Wildman–Crippen LogP) is 1.51. The van der Waals surface area contributed by atoms with Gasteiger partial charge >= 0.3 is 5.97 Å². The van der Waals surface area contributed by atoms with Gasteiger partial charge in [0, 0.05) is 18.9 Å². The third-order valence-electron chi connectivity index (χ3n) is 3.77. The van der Waals surface area contributed by atoms with Crippen LogP contribution in [0.2, 0.25) is 0 Å². The van der Waals surface area contributed by atoms with Crippen molar-refractivity contribution in [1.29, 1.82) is 0 Å². The van der Waals surface area contributed by atoms with E-state index in [1.165, 1.54) is 0 Å². The highest BCUT2D eigenvalue weighted by atomic mass is 16.4. The number of aromatic nitrogens is 1. The summed E-state index contributed by atoms with van der Waals surface area (Å²) < 4.78 is 0. The molecule has 1 saturated carbocycles. The van der Waals surface area contributed by atoms with Crippen molar-refractivity contribution in [2.24, 2.45) is 11.8 Å². The second-order valence-electron chi connectivity index (χ2n) is 5.00. The molecule has 1 aromatic rings. The zero-order valence-electron chi connectivity index (χ0n) is 10.9. The molecule has 1 aliphatic carbocycles. The number of carbonyl (C=O) groups is 2. The maximum absolute atomic E-state index is 12.0. The summed E-state index contributed by atoms with van der Waals surface area (Å²) in [6.45, 7) is 2.36. The first kappa shape index (κ1) is 13.5. The average molecular weight is 262 g/mol. The summed E-state index contributed by atoms with van der Waals surface area (Å²) in [4.78, 5) is 27.1. The number of pyridine rings is 1. The lowest BCUT2D eigenvalue weighted by molar-refractivity contribution is -0.146. The molecule has 0 radical (unpaired) electrons. The Kier molecular flexibility index (Phi) is 4.14. The second-order valence-corrected chi connectivity index (χ2v) is 5.00. The van der Waals surface area contributed by atoms with Crippen LogP contribution in [0.5, 0.6) is 0 Å². The van der Waals surface area contributed by atoms with E-state index >= 15 is 0 Å². The van der Waals surface area contributed by atoms with Gasteiger partial charge in [0.1, 0.15) is 0 Å². The van der Waals surface area contributed by atoms with Crippen LogP contribution in [0.1, 0.15) is 30.4 Å². The van der Waals surface area contributed by atoms with Gasteiger partial charge in [0.05, 0.1) is 11.8 Å². The zero-order valence-corrected chi connectivity index (χ0v) is 10.9. The summed E-state index contributed by atoms with van der Waals surface area (Å²) in [5.41, 5.74) is 2.03. The molecule has 5 heteroatoms.